The molecule has 0 amide bonds. The summed E-state index contributed by atoms with van der Waals surface area (Å²) in [6, 6.07) is 22.7. The molecule has 0 radical (unpaired) electrons. The zero-order chi connectivity index (χ0) is 16.5. The van der Waals surface area contributed by atoms with Crippen molar-refractivity contribution < 1.29 is 9.90 Å². The number of carbonyl (C=O) groups is 1. The number of aromatic hydroxyl groups is 1. The quantitative estimate of drug-likeness (QED) is 0.503. The molecule has 0 aliphatic carbocycles. The third-order valence-corrected chi connectivity index (χ3v) is 5.00. The first-order valence-corrected chi connectivity index (χ1v) is 8.52. The van der Waals surface area contributed by atoms with Gasteiger partial charge in [0.15, 0.2) is 5.78 Å². The van der Waals surface area contributed by atoms with E-state index in [2.05, 4.69) is 0 Å². The predicted molar refractivity (Wildman–Crippen MR) is 98.8 cm³/mol. The average Bonchev–Trinajstić information content (AvgIpc) is 3.11. The number of thiophene rings is 1. The largest absolute Gasteiger partial charge is 0.506 e. The van der Waals surface area contributed by atoms with Gasteiger partial charge in [0.2, 0.25) is 0 Å². The molecule has 3 aromatic carbocycles. The Morgan fingerprint density at radius 2 is 1.54 bits per heavy atom. The first-order valence-electron chi connectivity index (χ1n) is 7.64. The summed E-state index contributed by atoms with van der Waals surface area (Å²) in [5, 5.41) is 13.7. The lowest BCUT2D eigenvalue weighted by atomic mass is 9.92. The highest BCUT2D eigenvalue weighted by atomic mass is 32.1. The summed E-state index contributed by atoms with van der Waals surface area (Å²) in [7, 11) is 0. The van der Waals surface area contributed by atoms with Crippen LogP contribution in [-0.4, -0.2) is 10.9 Å². The van der Waals surface area contributed by atoms with Crippen LogP contribution in [0.4, 0.5) is 0 Å². The summed E-state index contributed by atoms with van der Waals surface area (Å²) in [6.07, 6.45) is 0. The van der Waals surface area contributed by atoms with Gasteiger partial charge in [-0.05, 0) is 34.0 Å². The Balaban J connectivity index is 2.02. The minimum atomic E-state index is -0.165. The van der Waals surface area contributed by atoms with Crippen LogP contribution in [0.25, 0.3) is 21.2 Å². The van der Waals surface area contributed by atoms with Crippen LogP contribution in [0.1, 0.15) is 15.9 Å². The summed E-state index contributed by atoms with van der Waals surface area (Å²) in [4.78, 5) is 13.1. The molecule has 0 fully saturated rings. The van der Waals surface area contributed by atoms with Gasteiger partial charge < -0.3 is 5.11 Å². The van der Waals surface area contributed by atoms with Crippen LogP contribution in [0, 0.1) is 0 Å². The summed E-state index contributed by atoms with van der Waals surface area (Å²) in [5.74, 6) is -0.0996. The van der Waals surface area contributed by atoms with Gasteiger partial charge in [-0.15, -0.1) is 11.3 Å². The van der Waals surface area contributed by atoms with Crippen molar-refractivity contribution >= 4 is 27.2 Å². The fourth-order valence-corrected chi connectivity index (χ4v) is 3.73. The highest BCUT2D eigenvalue weighted by Crippen LogP contribution is 2.40. The number of fused-ring (bicyclic) bond motifs is 1. The molecule has 0 aliphatic rings. The fourth-order valence-electron chi connectivity index (χ4n) is 2.90. The van der Waals surface area contributed by atoms with Crippen LogP contribution in [0.5, 0.6) is 5.75 Å². The van der Waals surface area contributed by atoms with E-state index >= 15 is 0 Å². The maximum absolute atomic E-state index is 13.1. The number of carbonyl (C=O) groups excluding carboxylic acids is 1. The van der Waals surface area contributed by atoms with Gasteiger partial charge in [-0.2, -0.15) is 0 Å². The second kappa shape index (κ2) is 5.95. The Bertz CT molecular complexity index is 1020. The van der Waals surface area contributed by atoms with Crippen molar-refractivity contribution in [1.29, 1.82) is 0 Å². The van der Waals surface area contributed by atoms with Crippen LogP contribution < -0.4 is 0 Å². The zero-order valence-corrected chi connectivity index (χ0v) is 13.6. The van der Waals surface area contributed by atoms with Crippen molar-refractivity contribution in [3.63, 3.8) is 0 Å². The van der Waals surface area contributed by atoms with E-state index in [1.165, 1.54) is 11.3 Å². The lowest BCUT2D eigenvalue weighted by Gasteiger charge is -2.12. The van der Waals surface area contributed by atoms with Crippen LogP contribution >= 0.6 is 11.3 Å². The number of benzene rings is 3. The molecule has 0 saturated heterocycles. The Kier molecular flexibility index (Phi) is 3.63. The van der Waals surface area contributed by atoms with Gasteiger partial charge in [0.25, 0.3) is 0 Å². The van der Waals surface area contributed by atoms with Gasteiger partial charge in [0.05, 0.1) is 10.3 Å². The van der Waals surface area contributed by atoms with E-state index in [1.54, 1.807) is 12.1 Å². The van der Waals surface area contributed by atoms with Crippen LogP contribution in [0.2, 0.25) is 0 Å². The molecule has 0 bridgehead atoms. The summed E-state index contributed by atoms with van der Waals surface area (Å²) in [6.45, 7) is 0. The first-order chi connectivity index (χ1) is 11.8. The number of phenols is 1. The topological polar surface area (TPSA) is 37.3 Å². The summed E-state index contributed by atoms with van der Waals surface area (Å²) in [5.41, 5.74) is 2.61. The molecule has 4 rings (SSSR count). The molecular weight excluding hydrogens is 316 g/mol. The van der Waals surface area contributed by atoms with Gasteiger partial charge in [0.1, 0.15) is 5.75 Å². The predicted octanol–water partition coefficient (Wildman–Crippen LogP) is 5.50. The zero-order valence-electron chi connectivity index (χ0n) is 12.8. The number of hydrogen-bond donors (Lipinski definition) is 1. The van der Waals surface area contributed by atoms with E-state index in [0.29, 0.717) is 11.1 Å². The SMILES string of the molecule is O=C(c1ccccc1)c1c(-c2ccccc2)cc2ccsc2c1O. The molecule has 0 spiro atoms. The van der Waals surface area contributed by atoms with Gasteiger partial charge in [-0.3, -0.25) is 4.79 Å². The molecule has 1 N–H and O–H groups in total. The lowest BCUT2D eigenvalue weighted by molar-refractivity contribution is 0.103. The smallest absolute Gasteiger partial charge is 0.197 e. The minimum absolute atomic E-state index is 0.0650. The highest BCUT2D eigenvalue weighted by Gasteiger charge is 2.22. The van der Waals surface area contributed by atoms with E-state index in [0.717, 1.165) is 21.2 Å². The Morgan fingerprint density at radius 3 is 2.25 bits per heavy atom. The number of rotatable bonds is 3. The van der Waals surface area contributed by atoms with E-state index in [1.807, 2.05) is 66.0 Å². The van der Waals surface area contributed by atoms with Gasteiger partial charge >= 0.3 is 0 Å². The second-order valence-electron chi connectivity index (χ2n) is 5.55. The molecular formula is C21H14O2S. The molecule has 3 heteroatoms. The molecule has 2 nitrogen and oxygen atoms in total. The van der Waals surface area contributed by atoms with Crippen molar-refractivity contribution in [2.45, 2.75) is 0 Å². The van der Waals surface area contributed by atoms with Crippen LogP contribution in [-0.2, 0) is 0 Å². The monoisotopic (exact) mass is 330 g/mol. The van der Waals surface area contributed by atoms with Crippen molar-refractivity contribution in [2.24, 2.45) is 0 Å². The number of ketones is 1. The molecule has 0 aliphatic heterocycles. The van der Waals surface area contributed by atoms with Crippen molar-refractivity contribution in [3.05, 3.63) is 89.3 Å². The first kappa shape index (κ1) is 14.7. The van der Waals surface area contributed by atoms with Crippen molar-refractivity contribution in [2.75, 3.05) is 0 Å². The standard InChI is InChI=1S/C21H14O2S/c22-19(15-9-5-2-6-10-15)18-17(14-7-3-1-4-8-14)13-16-11-12-24-21(16)20(18)23/h1-13,23H. The molecule has 116 valence electrons. The third kappa shape index (κ3) is 2.39. The maximum atomic E-state index is 13.1. The second-order valence-corrected chi connectivity index (χ2v) is 6.46. The summed E-state index contributed by atoms with van der Waals surface area (Å²) >= 11 is 1.44. The Morgan fingerprint density at radius 1 is 0.875 bits per heavy atom. The lowest BCUT2D eigenvalue weighted by Crippen LogP contribution is -2.04. The minimum Gasteiger partial charge on any atom is -0.506 e. The van der Waals surface area contributed by atoms with Gasteiger partial charge in [-0.1, -0.05) is 60.7 Å². The number of phenolic OH excluding ortho intramolecular Hbond substituents is 1. The molecule has 0 atom stereocenters. The van der Waals surface area contributed by atoms with E-state index in [-0.39, 0.29) is 11.5 Å². The molecule has 0 unspecified atom stereocenters. The van der Waals surface area contributed by atoms with E-state index in [4.69, 9.17) is 0 Å². The van der Waals surface area contributed by atoms with Crippen LogP contribution in [0.15, 0.2) is 78.2 Å². The number of hydrogen-bond acceptors (Lipinski definition) is 3. The van der Waals surface area contributed by atoms with Gasteiger partial charge in [0, 0.05) is 5.56 Å². The molecule has 24 heavy (non-hydrogen) atoms. The Labute approximate surface area is 143 Å². The molecule has 0 saturated carbocycles. The third-order valence-electron chi connectivity index (χ3n) is 4.06. The fraction of sp³-hybridized carbons (Fsp3) is 0. The maximum Gasteiger partial charge on any atom is 0.197 e. The average molecular weight is 330 g/mol. The molecule has 1 heterocycles. The van der Waals surface area contributed by atoms with Gasteiger partial charge in [-0.25, -0.2) is 0 Å². The van der Waals surface area contributed by atoms with E-state index in [9.17, 15) is 9.90 Å². The van der Waals surface area contributed by atoms with E-state index < -0.39 is 0 Å². The molecule has 4 aromatic rings. The highest BCUT2D eigenvalue weighted by molar-refractivity contribution is 7.17. The van der Waals surface area contributed by atoms with Crippen molar-refractivity contribution in [1.82, 2.24) is 0 Å². The molecule has 1 aromatic heterocycles. The van der Waals surface area contributed by atoms with Crippen LogP contribution in [0.3, 0.4) is 0 Å². The summed E-state index contributed by atoms with van der Waals surface area (Å²) < 4.78 is 0.744. The Hall–Kier alpha value is -2.91. The van der Waals surface area contributed by atoms with Crippen molar-refractivity contribution in [3.8, 4) is 16.9 Å². The normalized spacial score (nSPS) is 10.8.